The summed E-state index contributed by atoms with van der Waals surface area (Å²) >= 11 is 0. The number of rotatable bonds is 9. The molecule has 11 heteroatoms. The van der Waals surface area contributed by atoms with Crippen LogP contribution in [0.25, 0.3) is 16.9 Å². The maximum atomic E-state index is 12.3. The molecule has 4 N–H and O–H groups in total. The van der Waals surface area contributed by atoms with Crippen LogP contribution in [0.1, 0.15) is 38.4 Å². The second kappa shape index (κ2) is 11.6. The maximum Gasteiger partial charge on any atom is 0.407 e. The van der Waals surface area contributed by atoms with Crippen LogP contribution in [-0.2, 0) is 26.0 Å². The molecule has 37 heavy (non-hydrogen) atoms. The Hall–Kier alpha value is -3.70. The lowest BCUT2D eigenvalue weighted by Gasteiger charge is -2.19. The highest BCUT2D eigenvalue weighted by Crippen LogP contribution is 2.25. The Balaban J connectivity index is 1.67. The molecule has 0 spiro atoms. The summed E-state index contributed by atoms with van der Waals surface area (Å²) in [5.41, 5.74) is 3.63. The molecule has 0 atom stereocenters. The number of aromatic nitrogens is 2. The highest BCUT2D eigenvalue weighted by atomic mass is 32.2. The first kappa shape index (κ1) is 27.9. The van der Waals surface area contributed by atoms with Crippen LogP contribution in [0.4, 0.5) is 4.79 Å². The number of nitrogens with two attached hydrogens (primary N) is 1. The molecule has 0 radical (unpaired) electrons. The Kier molecular flexibility index (Phi) is 8.72. The number of alkyl carbamates (subject to hydrolysis) is 1. The van der Waals surface area contributed by atoms with Crippen LogP contribution >= 0.6 is 0 Å². The third-order valence-electron chi connectivity index (χ3n) is 5.24. The van der Waals surface area contributed by atoms with Gasteiger partial charge in [-0.3, -0.25) is 4.79 Å². The minimum atomic E-state index is -3.81. The molecule has 0 saturated carbocycles. The molecule has 0 unspecified atom stereocenters. The molecule has 10 nitrogen and oxygen atoms in total. The van der Waals surface area contributed by atoms with Crippen molar-refractivity contribution in [3.8, 4) is 16.9 Å². The number of sulfonamides is 1. The van der Waals surface area contributed by atoms with Crippen LogP contribution in [0.2, 0.25) is 0 Å². The predicted octanol–water partition coefficient (Wildman–Crippen LogP) is 3.07. The minimum absolute atomic E-state index is 0.0124. The fourth-order valence-electron chi connectivity index (χ4n) is 3.47. The Morgan fingerprint density at radius 1 is 1.00 bits per heavy atom. The topological polar surface area (TPSA) is 145 Å². The molecule has 0 fully saturated rings. The Morgan fingerprint density at radius 3 is 2.22 bits per heavy atom. The van der Waals surface area contributed by atoms with Gasteiger partial charge in [-0.1, -0.05) is 29.8 Å². The van der Waals surface area contributed by atoms with Gasteiger partial charge < -0.3 is 15.4 Å². The van der Waals surface area contributed by atoms with E-state index in [1.165, 1.54) is 12.1 Å². The lowest BCUT2D eigenvalue weighted by molar-refractivity contribution is -0.121. The van der Waals surface area contributed by atoms with Crippen LogP contribution < -0.4 is 15.8 Å². The zero-order valence-corrected chi connectivity index (χ0v) is 22.3. The SMILES string of the molecule is Cc1ccc(-c2cc(CCC(=O)NCCNC(=O)OC(C)(C)C)nn2-c2ccc(S(N)(=O)=O)cc2)cc1. The molecule has 1 heterocycles. The fraction of sp³-hybridized carbons (Fsp3) is 0.346. The molecular weight excluding hydrogens is 494 g/mol. The van der Waals surface area contributed by atoms with Gasteiger partial charge in [0.25, 0.3) is 0 Å². The zero-order chi connectivity index (χ0) is 27.2. The van der Waals surface area contributed by atoms with E-state index < -0.39 is 21.7 Å². The van der Waals surface area contributed by atoms with Crippen molar-refractivity contribution in [2.75, 3.05) is 13.1 Å². The number of hydrogen-bond acceptors (Lipinski definition) is 6. The summed E-state index contributed by atoms with van der Waals surface area (Å²) in [6.45, 7) is 7.86. The first-order valence-electron chi connectivity index (χ1n) is 11.8. The maximum absolute atomic E-state index is 12.3. The van der Waals surface area contributed by atoms with Crippen LogP contribution in [0.15, 0.2) is 59.5 Å². The van der Waals surface area contributed by atoms with E-state index in [2.05, 4.69) is 15.7 Å². The molecule has 0 bridgehead atoms. The van der Waals surface area contributed by atoms with Crippen molar-refractivity contribution in [2.45, 2.75) is 51.0 Å². The molecule has 0 aliphatic heterocycles. The van der Waals surface area contributed by atoms with E-state index in [1.54, 1.807) is 37.6 Å². The number of amides is 2. The van der Waals surface area contributed by atoms with Crippen LogP contribution in [0.5, 0.6) is 0 Å². The van der Waals surface area contributed by atoms with Gasteiger partial charge in [-0.25, -0.2) is 23.0 Å². The van der Waals surface area contributed by atoms with Gasteiger partial charge in [0.1, 0.15) is 5.60 Å². The number of carbonyl (C=O) groups is 2. The van der Waals surface area contributed by atoms with Crippen LogP contribution in [-0.4, -0.2) is 48.9 Å². The van der Waals surface area contributed by atoms with Crippen molar-refractivity contribution in [1.82, 2.24) is 20.4 Å². The second-order valence-corrected chi connectivity index (χ2v) is 11.2. The summed E-state index contributed by atoms with van der Waals surface area (Å²) in [4.78, 5) is 24.0. The standard InChI is InChI=1S/C26H33N5O5S/c1-18-5-7-19(8-6-18)23-17-20(30-31(23)21-10-12-22(13-11-21)37(27,34)35)9-14-24(32)28-15-16-29-25(33)36-26(2,3)4/h5-8,10-13,17H,9,14-16H2,1-4H3,(H,28,32)(H,29,33)(H2,27,34,35). The lowest BCUT2D eigenvalue weighted by Crippen LogP contribution is -2.37. The van der Waals surface area contributed by atoms with Gasteiger partial charge in [0, 0.05) is 31.5 Å². The summed E-state index contributed by atoms with van der Waals surface area (Å²) in [6.07, 6.45) is 0.0705. The van der Waals surface area contributed by atoms with E-state index >= 15 is 0 Å². The number of nitrogens with one attached hydrogen (secondary N) is 2. The number of primary sulfonamides is 1. The quantitative estimate of drug-likeness (QED) is 0.365. The van der Waals surface area contributed by atoms with Crippen molar-refractivity contribution in [3.05, 3.63) is 65.9 Å². The smallest absolute Gasteiger partial charge is 0.407 e. The zero-order valence-electron chi connectivity index (χ0n) is 21.4. The van der Waals surface area contributed by atoms with E-state index in [-0.39, 0.29) is 30.3 Å². The van der Waals surface area contributed by atoms with Crippen molar-refractivity contribution in [2.24, 2.45) is 5.14 Å². The summed E-state index contributed by atoms with van der Waals surface area (Å²) in [5.74, 6) is -0.171. The summed E-state index contributed by atoms with van der Waals surface area (Å²) in [6, 6.07) is 16.0. The molecule has 2 amide bonds. The molecule has 3 aromatic rings. The Morgan fingerprint density at radius 2 is 1.62 bits per heavy atom. The average Bonchev–Trinajstić information content (AvgIpc) is 3.24. The third-order valence-corrected chi connectivity index (χ3v) is 6.17. The van der Waals surface area contributed by atoms with Gasteiger partial charge in [-0.15, -0.1) is 0 Å². The van der Waals surface area contributed by atoms with Crippen molar-refractivity contribution in [3.63, 3.8) is 0 Å². The predicted molar refractivity (Wildman–Crippen MR) is 141 cm³/mol. The molecule has 1 aromatic heterocycles. The Labute approximate surface area is 217 Å². The van der Waals surface area contributed by atoms with Crippen molar-refractivity contribution >= 4 is 22.0 Å². The number of benzene rings is 2. The number of nitrogens with zero attached hydrogens (tertiary/aromatic N) is 2. The highest BCUT2D eigenvalue weighted by Gasteiger charge is 2.16. The Bertz CT molecular complexity index is 1340. The highest BCUT2D eigenvalue weighted by molar-refractivity contribution is 7.89. The van der Waals surface area contributed by atoms with E-state index in [0.29, 0.717) is 17.8 Å². The molecular formula is C26H33N5O5S. The monoisotopic (exact) mass is 527 g/mol. The van der Waals surface area contributed by atoms with Gasteiger partial charge in [-0.2, -0.15) is 5.10 Å². The van der Waals surface area contributed by atoms with Gasteiger partial charge in [0.15, 0.2) is 0 Å². The molecule has 0 aliphatic carbocycles. The first-order chi connectivity index (χ1) is 17.3. The average molecular weight is 528 g/mol. The fourth-order valence-corrected chi connectivity index (χ4v) is 3.98. The second-order valence-electron chi connectivity index (χ2n) is 9.62. The normalized spacial score (nSPS) is 11.7. The third kappa shape index (κ3) is 8.43. The van der Waals surface area contributed by atoms with Gasteiger partial charge >= 0.3 is 6.09 Å². The minimum Gasteiger partial charge on any atom is -0.444 e. The van der Waals surface area contributed by atoms with Crippen molar-refractivity contribution in [1.29, 1.82) is 0 Å². The summed E-state index contributed by atoms with van der Waals surface area (Å²) in [7, 11) is -3.81. The molecule has 0 saturated heterocycles. The number of ether oxygens (including phenoxy) is 1. The molecule has 0 aliphatic rings. The first-order valence-corrected chi connectivity index (χ1v) is 13.4. The molecule has 2 aromatic carbocycles. The van der Waals surface area contributed by atoms with Gasteiger partial charge in [-0.05, 0) is 58.0 Å². The lowest BCUT2D eigenvalue weighted by atomic mass is 10.1. The van der Waals surface area contributed by atoms with E-state index in [0.717, 1.165) is 16.8 Å². The van der Waals surface area contributed by atoms with Crippen LogP contribution in [0.3, 0.4) is 0 Å². The molecule has 3 rings (SSSR count). The van der Waals surface area contributed by atoms with E-state index in [1.807, 2.05) is 37.3 Å². The largest absolute Gasteiger partial charge is 0.444 e. The van der Waals surface area contributed by atoms with Crippen molar-refractivity contribution < 1.29 is 22.7 Å². The van der Waals surface area contributed by atoms with Gasteiger partial charge in [0.2, 0.25) is 15.9 Å². The number of aryl methyl sites for hydroxylation is 2. The number of hydrogen-bond donors (Lipinski definition) is 3. The van der Waals surface area contributed by atoms with E-state index in [4.69, 9.17) is 9.88 Å². The number of carbonyl (C=O) groups excluding carboxylic acids is 2. The summed E-state index contributed by atoms with van der Waals surface area (Å²) in [5, 5.41) is 15.3. The van der Waals surface area contributed by atoms with Gasteiger partial charge in [0.05, 0.1) is 22.0 Å². The van der Waals surface area contributed by atoms with Crippen LogP contribution in [0, 0.1) is 6.92 Å². The van der Waals surface area contributed by atoms with E-state index in [9.17, 15) is 18.0 Å². The molecule has 198 valence electrons. The summed E-state index contributed by atoms with van der Waals surface area (Å²) < 4.78 is 30.1.